The predicted octanol–water partition coefficient (Wildman–Crippen LogP) is 3.46. The summed E-state index contributed by atoms with van der Waals surface area (Å²) in [5, 5.41) is 3.41. The number of halogens is 1. The Labute approximate surface area is 97.1 Å². The number of alkyl halides is 1. The van der Waals surface area contributed by atoms with E-state index in [2.05, 4.69) is 24.1 Å². The minimum absolute atomic E-state index is 0.174. The molecule has 0 saturated carbocycles. The molecule has 0 spiro atoms. The molecule has 0 saturated heterocycles. The number of nitrogens with zero attached hydrogens (tertiary/aromatic N) is 1. The Balaban J connectivity index is 2.33. The molecule has 2 nitrogen and oxygen atoms in total. The van der Waals surface area contributed by atoms with Gasteiger partial charge < -0.3 is 5.32 Å². The first kappa shape index (κ1) is 12.3. The van der Waals surface area contributed by atoms with E-state index in [-0.39, 0.29) is 5.38 Å². The van der Waals surface area contributed by atoms with Gasteiger partial charge in [-0.3, -0.25) is 0 Å². The molecule has 1 N–H and O–H groups in total. The van der Waals surface area contributed by atoms with Crippen molar-refractivity contribution in [2.75, 3.05) is 11.9 Å². The van der Waals surface area contributed by atoms with E-state index in [4.69, 9.17) is 11.6 Å². The molecule has 0 aromatic carbocycles. The molecule has 1 rings (SSSR count). The van der Waals surface area contributed by atoms with Crippen LogP contribution in [0.3, 0.4) is 0 Å². The zero-order chi connectivity index (χ0) is 11.3. The maximum atomic E-state index is 6.17. The fourth-order valence-corrected chi connectivity index (χ4v) is 1.82. The molecular weight excluding hydrogens is 208 g/mol. The van der Waals surface area contributed by atoms with Crippen LogP contribution in [0.15, 0.2) is 18.3 Å². The standard InChI is InChI=1S/C12H19ClN2/c1-9(2)6-11(13)8-15-12-5-4-10(3)7-14-12/h4-5,7,9,11H,6,8H2,1-3H3,(H,14,15). The molecule has 0 aliphatic heterocycles. The van der Waals surface area contributed by atoms with Crippen LogP contribution in [0, 0.1) is 12.8 Å². The summed E-state index contributed by atoms with van der Waals surface area (Å²) in [6.07, 6.45) is 2.88. The smallest absolute Gasteiger partial charge is 0.125 e. The first-order valence-electron chi connectivity index (χ1n) is 5.38. The highest BCUT2D eigenvalue weighted by atomic mass is 35.5. The molecule has 1 unspecified atom stereocenters. The van der Waals surface area contributed by atoms with Gasteiger partial charge in [0.25, 0.3) is 0 Å². The van der Waals surface area contributed by atoms with Crippen molar-refractivity contribution in [3.8, 4) is 0 Å². The topological polar surface area (TPSA) is 24.9 Å². The van der Waals surface area contributed by atoms with Gasteiger partial charge in [0, 0.05) is 12.7 Å². The third kappa shape index (κ3) is 5.03. The van der Waals surface area contributed by atoms with E-state index in [0.29, 0.717) is 5.92 Å². The third-order valence-corrected chi connectivity index (χ3v) is 2.48. The maximum Gasteiger partial charge on any atom is 0.125 e. The Bertz CT molecular complexity index is 282. The normalized spacial score (nSPS) is 12.9. The van der Waals surface area contributed by atoms with E-state index in [1.54, 1.807) is 0 Å². The molecule has 1 aromatic rings. The number of anilines is 1. The van der Waals surface area contributed by atoms with Crippen molar-refractivity contribution in [3.63, 3.8) is 0 Å². The van der Waals surface area contributed by atoms with Crippen molar-refractivity contribution in [3.05, 3.63) is 23.9 Å². The van der Waals surface area contributed by atoms with Crippen molar-refractivity contribution < 1.29 is 0 Å². The zero-order valence-corrected chi connectivity index (χ0v) is 10.4. The van der Waals surface area contributed by atoms with Crippen molar-refractivity contribution in [2.24, 2.45) is 5.92 Å². The Hall–Kier alpha value is -0.760. The summed E-state index contributed by atoms with van der Waals surface area (Å²) < 4.78 is 0. The highest BCUT2D eigenvalue weighted by molar-refractivity contribution is 6.20. The first-order valence-corrected chi connectivity index (χ1v) is 5.82. The van der Waals surface area contributed by atoms with Crippen LogP contribution in [0.2, 0.25) is 0 Å². The molecule has 1 aromatic heterocycles. The molecule has 84 valence electrons. The van der Waals surface area contributed by atoms with E-state index in [1.807, 2.05) is 25.3 Å². The van der Waals surface area contributed by atoms with Gasteiger partial charge in [-0.2, -0.15) is 0 Å². The highest BCUT2D eigenvalue weighted by Gasteiger charge is 2.06. The van der Waals surface area contributed by atoms with Crippen LogP contribution in [0.25, 0.3) is 0 Å². The number of aryl methyl sites for hydroxylation is 1. The third-order valence-electron chi connectivity index (χ3n) is 2.14. The van der Waals surface area contributed by atoms with E-state index < -0.39 is 0 Å². The Morgan fingerprint density at radius 1 is 1.40 bits per heavy atom. The van der Waals surface area contributed by atoms with Crippen molar-refractivity contribution in [1.82, 2.24) is 4.98 Å². The number of rotatable bonds is 5. The molecule has 1 heterocycles. The first-order chi connectivity index (χ1) is 7.08. The molecule has 0 aliphatic carbocycles. The highest BCUT2D eigenvalue weighted by Crippen LogP contribution is 2.11. The molecule has 0 aliphatic rings. The van der Waals surface area contributed by atoms with Gasteiger partial charge in [0.15, 0.2) is 0 Å². The van der Waals surface area contributed by atoms with Crippen LogP contribution in [0.4, 0.5) is 5.82 Å². The van der Waals surface area contributed by atoms with Gasteiger partial charge in [0.05, 0.1) is 5.38 Å². The van der Waals surface area contributed by atoms with Crippen LogP contribution in [0.1, 0.15) is 25.8 Å². The van der Waals surface area contributed by atoms with Gasteiger partial charge in [-0.15, -0.1) is 11.6 Å². The van der Waals surface area contributed by atoms with Crippen molar-refractivity contribution in [1.29, 1.82) is 0 Å². The average Bonchev–Trinajstić information content (AvgIpc) is 2.16. The average molecular weight is 227 g/mol. The molecule has 15 heavy (non-hydrogen) atoms. The van der Waals surface area contributed by atoms with Crippen LogP contribution >= 0.6 is 11.6 Å². The second-order valence-electron chi connectivity index (χ2n) is 4.33. The second kappa shape index (κ2) is 5.96. The summed E-state index contributed by atoms with van der Waals surface area (Å²) in [5.74, 6) is 1.54. The second-order valence-corrected chi connectivity index (χ2v) is 4.95. The number of hydrogen-bond acceptors (Lipinski definition) is 2. The maximum absolute atomic E-state index is 6.17. The van der Waals surface area contributed by atoms with Gasteiger partial charge in [0.2, 0.25) is 0 Å². The quantitative estimate of drug-likeness (QED) is 0.778. The number of aromatic nitrogens is 1. The molecule has 0 radical (unpaired) electrons. The monoisotopic (exact) mass is 226 g/mol. The fraction of sp³-hybridized carbons (Fsp3) is 0.583. The van der Waals surface area contributed by atoms with E-state index in [1.165, 1.54) is 5.56 Å². The molecule has 0 fully saturated rings. The molecular formula is C12H19ClN2. The van der Waals surface area contributed by atoms with Crippen LogP contribution in [-0.2, 0) is 0 Å². The predicted molar refractivity (Wildman–Crippen MR) is 66.6 cm³/mol. The summed E-state index contributed by atoms with van der Waals surface area (Å²) >= 11 is 6.17. The lowest BCUT2D eigenvalue weighted by molar-refractivity contribution is 0.572. The van der Waals surface area contributed by atoms with E-state index in [0.717, 1.165) is 18.8 Å². The minimum atomic E-state index is 0.174. The van der Waals surface area contributed by atoms with E-state index in [9.17, 15) is 0 Å². The lowest BCUT2D eigenvalue weighted by Gasteiger charge is -2.13. The summed E-state index contributed by atoms with van der Waals surface area (Å²) in [6, 6.07) is 4.02. The molecule has 0 amide bonds. The van der Waals surface area contributed by atoms with Gasteiger partial charge >= 0.3 is 0 Å². The Morgan fingerprint density at radius 3 is 2.67 bits per heavy atom. The summed E-state index contributed by atoms with van der Waals surface area (Å²) in [4.78, 5) is 4.26. The van der Waals surface area contributed by atoms with Crippen molar-refractivity contribution >= 4 is 17.4 Å². The summed E-state index contributed by atoms with van der Waals surface area (Å²) in [6.45, 7) is 7.16. The van der Waals surface area contributed by atoms with Gasteiger partial charge in [0.1, 0.15) is 5.82 Å². The lowest BCUT2D eigenvalue weighted by Crippen LogP contribution is -2.16. The summed E-state index contributed by atoms with van der Waals surface area (Å²) in [5.41, 5.74) is 1.17. The van der Waals surface area contributed by atoms with Gasteiger partial charge in [-0.05, 0) is 30.9 Å². The van der Waals surface area contributed by atoms with Crippen LogP contribution in [0.5, 0.6) is 0 Å². The number of nitrogens with one attached hydrogen (secondary N) is 1. The molecule has 0 bridgehead atoms. The molecule has 1 atom stereocenters. The minimum Gasteiger partial charge on any atom is -0.369 e. The Kier molecular flexibility index (Phi) is 4.89. The van der Waals surface area contributed by atoms with Crippen molar-refractivity contribution in [2.45, 2.75) is 32.6 Å². The zero-order valence-electron chi connectivity index (χ0n) is 9.63. The SMILES string of the molecule is Cc1ccc(NCC(Cl)CC(C)C)nc1. The fourth-order valence-electron chi connectivity index (χ4n) is 1.38. The summed E-state index contributed by atoms with van der Waals surface area (Å²) in [7, 11) is 0. The van der Waals surface area contributed by atoms with Gasteiger partial charge in [-0.1, -0.05) is 19.9 Å². The number of pyridine rings is 1. The largest absolute Gasteiger partial charge is 0.369 e. The van der Waals surface area contributed by atoms with Gasteiger partial charge in [-0.25, -0.2) is 4.98 Å². The lowest BCUT2D eigenvalue weighted by atomic mass is 10.1. The van der Waals surface area contributed by atoms with Crippen LogP contribution < -0.4 is 5.32 Å². The number of hydrogen-bond donors (Lipinski definition) is 1. The molecule has 3 heteroatoms. The van der Waals surface area contributed by atoms with E-state index >= 15 is 0 Å². The van der Waals surface area contributed by atoms with Crippen LogP contribution in [-0.4, -0.2) is 16.9 Å². The Morgan fingerprint density at radius 2 is 2.13 bits per heavy atom.